The molecule has 2 aromatic carbocycles. The van der Waals surface area contributed by atoms with E-state index in [9.17, 15) is 4.79 Å². The number of methoxy groups -OCH3 is 1. The lowest BCUT2D eigenvalue weighted by Crippen LogP contribution is -2.36. The van der Waals surface area contributed by atoms with Crippen LogP contribution in [0, 0.1) is 0 Å². The van der Waals surface area contributed by atoms with Crippen LogP contribution in [0.15, 0.2) is 42.5 Å². The van der Waals surface area contributed by atoms with Gasteiger partial charge in [0.25, 0.3) is 0 Å². The number of aromatic nitrogens is 1. The van der Waals surface area contributed by atoms with Gasteiger partial charge in [-0.2, -0.15) is 0 Å². The summed E-state index contributed by atoms with van der Waals surface area (Å²) in [7, 11) is 1.66. The summed E-state index contributed by atoms with van der Waals surface area (Å²) in [6.45, 7) is 3.57. The normalized spacial score (nSPS) is 19.0. The number of carbonyl (C=O) groups is 1. The van der Waals surface area contributed by atoms with Gasteiger partial charge in [-0.3, -0.25) is 4.79 Å². The van der Waals surface area contributed by atoms with Crippen LogP contribution in [0.25, 0.3) is 16.3 Å². The van der Waals surface area contributed by atoms with Crippen LogP contribution >= 0.6 is 11.3 Å². The fourth-order valence-electron chi connectivity index (χ4n) is 4.44. The van der Waals surface area contributed by atoms with E-state index in [1.54, 1.807) is 24.5 Å². The minimum Gasteiger partial charge on any atom is -0.496 e. The molecule has 31 heavy (non-hydrogen) atoms. The molecular weight excluding hydrogens is 408 g/mol. The van der Waals surface area contributed by atoms with Crippen LogP contribution in [-0.4, -0.2) is 42.1 Å². The van der Waals surface area contributed by atoms with Crippen molar-refractivity contribution >= 4 is 33.5 Å². The molecule has 0 spiro atoms. The van der Waals surface area contributed by atoms with Crippen molar-refractivity contribution in [3.05, 3.63) is 58.6 Å². The molecule has 160 valence electrons. The van der Waals surface area contributed by atoms with E-state index >= 15 is 0 Å². The summed E-state index contributed by atoms with van der Waals surface area (Å²) < 4.78 is 12.6. The van der Waals surface area contributed by atoms with Crippen molar-refractivity contribution < 1.29 is 14.3 Å². The van der Waals surface area contributed by atoms with E-state index < -0.39 is 0 Å². The minimum absolute atomic E-state index is 0.0413. The first-order chi connectivity index (χ1) is 15.1. The van der Waals surface area contributed by atoms with Gasteiger partial charge < -0.3 is 14.4 Å². The number of hydrogen-bond acceptors (Lipinski definition) is 5. The van der Waals surface area contributed by atoms with Crippen LogP contribution in [0.5, 0.6) is 11.5 Å². The molecule has 3 aromatic rings. The Hall–Kier alpha value is -2.86. The van der Waals surface area contributed by atoms with Crippen LogP contribution in [0.2, 0.25) is 0 Å². The second kappa shape index (κ2) is 8.35. The average molecular weight is 435 g/mol. The molecule has 1 amide bonds. The largest absolute Gasteiger partial charge is 0.496 e. The van der Waals surface area contributed by atoms with E-state index in [1.165, 1.54) is 9.71 Å². The Morgan fingerprint density at radius 2 is 2.06 bits per heavy atom. The van der Waals surface area contributed by atoms with E-state index in [-0.39, 0.29) is 12.0 Å². The minimum atomic E-state index is 0.0413. The van der Waals surface area contributed by atoms with Gasteiger partial charge in [-0.05, 0) is 50.1 Å². The first-order valence-electron chi connectivity index (χ1n) is 10.8. The lowest BCUT2D eigenvalue weighted by Gasteiger charge is -2.30. The fraction of sp³-hybridized carbons (Fsp3) is 0.360. The van der Waals surface area contributed by atoms with Gasteiger partial charge in [-0.15, -0.1) is 11.3 Å². The molecule has 5 rings (SSSR count). The van der Waals surface area contributed by atoms with Crippen molar-refractivity contribution in [2.75, 3.05) is 20.2 Å². The molecule has 0 bridgehead atoms. The number of piperidine rings is 1. The molecule has 1 saturated heterocycles. The van der Waals surface area contributed by atoms with Gasteiger partial charge in [0.2, 0.25) is 5.91 Å². The summed E-state index contributed by atoms with van der Waals surface area (Å²) in [5, 5.41) is 1.20. The van der Waals surface area contributed by atoms with E-state index in [2.05, 4.69) is 25.1 Å². The van der Waals surface area contributed by atoms with Crippen molar-refractivity contribution in [3.8, 4) is 11.5 Å². The summed E-state index contributed by atoms with van der Waals surface area (Å²) in [5.74, 6) is 2.13. The number of carbonyl (C=O) groups excluding carboxylic acids is 1. The van der Waals surface area contributed by atoms with Crippen LogP contribution in [0.1, 0.15) is 41.8 Å². The van der Waals surface area contributed by atoms with Gasteiger partial charge in [0, 0.05) is 42.6 Å². The van der Waals surface area contributed by atoms with E-state index in [0.717, 1.165) is 60.5 Å². The van der Waals surface area contributed by atoms with Crippen LogP contribution in [-0.2, 0) is 11.2 Å². The third-order valence-electron chi connectivity index (χ3n) is 6.12. The van der Waals surface area contributed by atoms with Gasteiger partial charge in [0.15, 0.2) is 0 Å². The molecule has 0 N–H and O–H groups in total. The number of thiazole rings is 1. The van der Waals surface area contributed by atoms with Gasteiger partial charge in [-0.1, -0.05) is 12.1 Å². The average Bonchev–Trinajstić information content (AvgIpc) is 3.38. The van der Waals surface area contributed by atoms with Gasteiger partial charge in [0.05, 0.1) is 22.3 Å². The third kappa shape index (κ3) is 4.04. The highest BCUT2D eigenvalue weighted by Gasteiger charge is 2.25. The zero-order valence-electron chi connectivity index (χ0n) is 17.8. The number of ether oxygens (including phenoxy) is 2. The highest BCUT2D eigenvalue weighted by atomic mass is 32.1. The van der Waals surface area contributed by atoms with Crippen LogP contribution < -0.4 is 9.47 Å². The molecule has 1 fully saturated rings. The second-order valence-corrected chi connectivity index (χ2v) is 9.35. The molecule has 2 aliphatic rings. The summed E-state index contributed by atoms with van der Waals surface area (Å²) in [5.41, 5.74) is 3.10. The Balaban J connectivity index is 1.24. The van der Waals surface area contributed by atoms with Gasteiger partial charge in [-0.25, -0.2) is 4.98 Å². The second-order valence-electron chi connectivity index (χ2n) is 8.29. The van der Waals surface area contributed by atoms with Crippen molar-refractivity contribution in [1.82, 2.24) is 9.88 Å². The Labute approximate surface area is 186 Å². The number of rotatable bonds is 4. The molecule has 0 radical (unpaired) electrons. The van der Waals surface area contributed by atoms with Crippen LogP contribution in [0.3, 0.4) is 0 Å². The fourth-order valence-corrected chi connectivity index (χ4v) is 5.58. The molecule has 2 aliphatic heterocycles. The Kier molecular flexibility index (Phi) is 5.40. The smallest absolute Gasteiger partial charge is 0.246 e. The maximum Gasteiger partial charge on any atom is 0.246 e. The maximum absolute atomic E-state index is 12.8. The molecule has 1 unspecified atom stereocenters. The van der Waals surface area contributed by atoms with Crippen molar-refractivity contribution in [2.24, 2.45) is 0 Å². The van der Waals surface area contributed by atoms with E-state index in [0.29, 0.717) is 5.92 Å². The molecule has 0 aliphatic carbocycles. The topological polar surface area (TPSA) is 51.7 Å². The Morgan fingerprint density at radius 3 is 2.84 bits per heavy atom. The monoisotopic (exact) mass is 434 g/mol. The number of benzene rings is 2. The number of para-hydroxylation sites is 1. The van der Waals surface area contributed by atoms with E-state index in [1.807, 2.05) is 29.2 Å². The predicted molar refractivity (Wildman–Crippen MR) is 124 cm³/mol. The van der Waals surface area contributed by atoms with Crippen molar-refractivity contribution in [2.45, 2.75) is 38.2 Å². The van der Waals surface area contributed by atoms with Crippen molar-refractivity contribution in [1.29, 1.82) is 0 Å². The molecular formula is C25H26N2O3S. The molecule has 0 saturated carbocycles. The summed E-state index contributed by atoms with van der Waals surface area (Å²) in [4.78, 5) is 19.5. The standard InChI is InChI=1S/C25H26N2O3S/c1-16-13-19-15-21(29-2)18(14-22(19)30-16)7-8-24(28)27-11-9-17(10-12-27)25-26-20-5-3-4-6-23(20)31-25/h3-8,14-17H,9-13H2,1-2H3/b8-7+. The lowest BCUT2D eigenvalue weighted by atomic mass is 9.97. The van der Waals surface area contributed by atoms with E-state index in [4.69, 9.17) is 14.5 Å². The Morgan fingerprint density at radius 1 is 1.26 bits per heavy atom. The number of amides is 1. The Bertz CT molecular complexity index is 1110. The molecule has 3 heterocycles. The zero-order chi connectivity index (χ0) is 21.4. The molecule has 5 nitrogen and oxygen atoms in total. The number of nitrogens with zero attached hydrogens (tertiary/aromatic N) is 2. The number of fused-ring (bicyclic) bond motifs is 2. The summed E-state index contributed by atoms with van der Waals surface area (Å²) in [6, 6.07) is 12.3. The lowest BCUT2D eigenvalue weighted by molar-refractivity contribution is -0.126. The molecule has 6 heteroatoms. The van der Waals surface area contributed by atoms with Crippen molar-refractivity contribution in [3.63, 3.8) is 0 Å². The zero-order valence-corrected chi connectivity index (χ0v) is 18.7. The first-order valence-corrected chi connectivity index (χ1v) is 11.6. The summed E-state index contributed by atoms with van der Waals surface area (Å²) in [6.07, 6.45) is 6.46. The highest BCUT2D eigenvalue weighted by Crippen LogP contribution is 2.36. The summed E-state index contributed by atoms with van der Waals surface area (Å²) >= 11 is 1.78. The third-order valence-corrected chi connectivity index (χ3v) is 7.32. The number of hydrogen-bond donors (Lipinski definition) is 0. The number of likely N-dealkylation sites (tertiary alicyclic amines) is 1. The van der Waals surface area contributed by atoms with Crippen LogP contribution in [0.4, 0.5) is 0 Å². The quantitative estimate of drug-likeness (QED) is 0.540. The maximum atomic E-state index is 12.8. The van der Waals surface area contributed by atoms with Gasteiger partial charge >= 0.3 is 0 Å². The highest BCUT2D eigenvalue weighted by molar-refractivity contribution is 7.18. The first kappa shape index (κ1) is 20.1. The molecule has 1 atom stereocenters. The van der Waals surface area contributed by atoms with Gasteiger partial charge in [0.1, 0.15) is 17.6 Å². The predicted octanol–water partition coefficient (Wildman–Crippen LogP) is 5.05. The SMILES string of the molecule is COc1cc2c(cc1/C=C/C(=O)N1CCC(c3nc4ccccc4s3)CC1)OC(C)C2. The molecule has 1 aromatic heterocycles.